The Bertz CT molecular complexity index is 941. The zero-order valence-corrected chi connectivity index (χ0v) is 21.3. The van der Waals surface area contributed by atoms with E-state index in [9.17, 15) is 9.59 Å². The van der Waals surface area contributed by atoms with Gasteiger partial charge in [-0.15, -0.1) is 0 Å². The lowest BCUT2D eigenvalue weighted by molar-refractivity contribution is 0.0928. The predicted octanol–water partition coefficient (Wildman–Crippen LogP) is 6.75. The van der Waals surface area contributed by atoms with Crippen LogP contribution in [0.1, 0.15) is 85.4 Å². The summed E-state index contributed by atoms with van der Waals surface area (Å²) in [6.45, 7) is 2.85. The van der Waals surface area contributed by atoms with Crippen LogP contribution in [0.25, 0.3) is 0 Å². The van der Waals surface area contributed by atoms with E-state index in [0.29, 0.717) is 23.4 Å². The second kappa shape index (κ2) is 12.8. The van der Waals surface area contributed by atoms with Crippen LogP contribution in [0.3, 0.4) is 0 Å². The molecule has 2 aromatic carbocycles. The van der Waals surface area contributed by atoms with Crippen molar-refractivity contribution < 1.29 is 14.3 Å². The molecule has 2 amide bonds. The summed E-state index contributed by atoms with van der Waals surface area (Å²) in [7, 11) is 1.71. The number of rotatable bonds is 10. The summed E-state index contributed by atoms with van der Waals surface area (Å²) in [5.74, 6) is 0.436. The Labute approximate surface area is 206 Å². The van der Waals surface area contributed by atoms with E-state index >= 15 is 0 Å². The van der Waals surface area contributed by atoms with Crippen molar-refractivity contribution in [3.05, 3.63) is 58.1 Å². The van der Waals surface area contributed by atoms with Gasteiger partial charge in [-0.3, -0.25) is 9.59 Å². The summed E-state index contributed by atoms with van der Waals surface area (Å²) in [4.78, 5) is 27.8. The van der Waals surface area contributed by atoms with Gasteiger partial charge in [0, 0.05) is 18.7 Å². The third-order valence-corrected chi connectivity index (χ3v) is 6.81. The Hall–Kier alpha value is -2.34. The molecule has 5 nitrogen and oxygen atoms in total. The van der Waals surface area contributed by atoms with E-state index in [1.54, 1.807) is 30.1 Å². The maximum Gasteiger partial charge on any atom is 0.258 e. The smallest absolute Gasteiger partial charge is 0.258 e. The van der Waals surface area contributed by atoms with Gasteiger partial charge < -0.3 is 15.0 Å². The van der Waals surface area contributed by atoms with Crippen LogP contribution in [0.2, 0.25) is 0 Å². The van der Waals surface area contributed by atoms with E-state index in [-0.39, 0.29) is 17.9 Å². The standard InChI is InChI=1S/C27H35BrN2O3/c1-3-4-5-11-18-33-25-17-16-20(19-23(25)28)27(32)30(2)24-15-10-9-14-22(24)26(31)29-21-12-7-6-8-13-21/h9-10,14-17,19,21H,3-8,11-13,18H2,1-2H3,(H,29,31). The van der Waals surface area contributed by atoms with Gasteiger partial charge in [-0.25, -0.2) is 0 Å². The molecule has 0 unspecified atom stereocenters. The molecule has 1 fully saturated rings. The zero-order chi connectivity index (χ0) is 23.6. The predicted molar refractivity (Wildman–Crippen MR) is 137 cm³/mol. The van der Waals surface area contributed by atoms with E-state index in [4.69, 9.17) is 4.74 Å². The topological polar surface area (TPSA) is 58.6 Å². The molecule has 0 atom stereocenters. The fourth-order valence-corrected chi connectivity index (χ4v) is 4.73. The molecule has 0 bridgehead atoms. The first kappa shape index (κ1) is 25.3. The van der Waals surface area contributed by atoms with Gasteiger partial charge in [0.25, 0.3) is 11.8 Å². The largest absolute Gasteiger partial charge is 0.492 e. The van der Waals surface area contributed by atoms with Crippen LogP contribution in [-0.2, 0) is 0 Å². The second-order valence-corrected chi connectivity index (χ2v) is 9.60. The molecular weight excluding hydrogens is 480 g/mol. The van der Waals surface area contributed by atoms with Gasteiger partial charge in [0.1, 0.15) is 5.75 Å². The van der Waals surface area contributed by atoms with Gasteiger partial charge in [0.2, 0.25) is 0 Å². The van der Waals surface area contributed by atoms with Crippen molar-refractivity contribution in [3.8, 4) is 5.75 Å². The number of amides is 2. The fourth-order valence-electron chi connectivity index (χ4n) is 4.23. The van der Waals surface area contributed by atoms with Crippen molar-refractivity contribution >= 4 is 33.4 Å². The van der Waals surface area contributed by atoms with Crippen LogP contribution in [-0.4, -0.2) is 31.5 Å². The average molecular weight is 515 g/mol. The number of benzene rings is 2. The zero-order valence-electron chi connectivity index (χ0n) is 19.7. The van der Waals surface area contributed by atoms with Crippen molar-refractivity contribution in [1.29, 1.82) is 0 Å². The Morgan fingerprint density at radius 2 is 1.82 bits per heavy atom. The number of hydrogen-bond donors (Lipinski definition) is 1. The van der Waals surface area contributed by atoms with E-state index in [1.807, 2.05) is 24.3 Å². The molecule has 0 spiro atoms. The van der Waals surface area contributed by atoms with Gasteiger partial charge in [0.15, 0.2) is 0 Å². The van der Waals surface area contributed by atoms with Gasteiger partial charge in [-0.2, -0.15) is 0 Å². The van der Waals surface area contributed by atoms with E-state index < -0.39 is 0 Å². The summed E-state index contributed by atoms with van der Waals surface area (Å²) in [5.41, 5.74) is 1.65. The van der Waals surface area contributed by atoms with E-state index in [0.717, 1.165) is 48.7 Å². The van der Waals surface area contributed by atoms with Gasteiger partial charge in [-0.05, 0) is 65.5 Å². The molecule has 1 aliphatic carbocycles. The summed E-state index contributed by atoms with van der Waals surface area (Å²) >= 11 is 3.54. The number of anilines is 1. The molecule has 1 saturated carbocycles. The molecule has 0 saturated heterocycles. The highest BCUT2D eigenvalue weighted by molar-refractivity contribution is 9.10. The Kier molecular flexibility index (Phi) is 9.79. The van der Waals surface area contributed by atoms with Gasteiger partial charge in [0.05, 0.1) is 22.3 Å². The quantitative estimate of drug-likeness (QED) is 0.356. The molecule has 3 rings (SSSR count). The summed E-state index contributed by atoms with van der Waals surface area (Å²) in [6.07, 6.45) is 10.2. The maximum atomic E-state index is 13.2. The van der Waals surface area contributed by atoms with Crippen LogP contribution < -0.4 is 15.0 Å². The number of ether oxygens (including phenoxy) is 1. The molecular formula is C27H35BrN2O3. The van der Waals surface area contributed by atoms with Crippen molar-refractivity contribution in [2.75, 3.05) is 18.6 Å². The molecule has 33 heavy (non-hydrogen) atoms. The first-order chi connectivity index (χ1) is 16.0. The summed E-state index contributed by atoms with van der Waals surface area (Å²) in [6, 6.07) is 12.9. The Morgan fingerprint density at radius 1 is 1.06 bits per heavy atom. The second-order valence-electron chi connectivity index (χ2n) is 8.74. The van der Waals surface area contributed by atoms with Gasteiger partial charge >= 0.3 is 0 Å². The number of carbonyl (C=O) groups is 2. The number of hydrogen-bond acceptors (Lipinski definition) is 3. The van der Waals surface area contributed by atoms with Crippen molar-refractivity contribution in [2.24, 2.45) is 0 Å². The highest BCUT2D eigenvalue weighted by Gasteiger charge is 2.22. The first-order valence-corrected chi connectivity index (χ1v) is 12.9. The van der Waals surface area contributed by atoms with Crippen molar-refractivity contribution in [3.63, 3.8) is 0 Å². The summed E-state index contributed by atoms with van der Waals surface area (Å²) in [5, 5.41) is 3.16. The summed E-state index contributed by atoms with van der Waals surface area (Å²) < 4.78 is 6.61. The fraction of sp³-hybridized carbons (Fsp3) is 0.481. The van der Waals surface area contributed by atoms with Crippen molar-refractivity contribution in [1.82, 2.24) is 5.32 Å². The molecule has 6 heteroatoms. The number of carbonyl (C=O) groups excluding carboxylic acids is 2. The Balaban J connectivity index is 1.68. The number of para-hydroxylation sites is 1. The lowest BCUT2D eigenvalue weighted by Crippen LogP contribution is -2.37. The minimum absolute atomic E-state index is 0.120. The SMILES string of the molecule is CCCCCCOc1ccc(C(=O)N(C)c2ccccc2C(=O)NC2CCCCC2)cc1Br. The molecule has 1 N–H and O–H groups in total. The van der Waals surface area contributed by atoms with Crippen LogP contribution in [0.4, 0.5) is 5.69 Å². The molecule has 2 aromatic rings. The monoisotopic (exact) mass is 514 g/mol. The lowest BCUT2D eigenvalue weighted by Gasteiger charge is -2.25. The van der Waals surface area contributed by atoms with Crippen LogP contribution in [0.5, 0.6) is 5.75 Å². The minimum Gasteiger partial charge on any atom is -0.492 e. The molecule has 0 aliphatic heterocycles. The van der Waals surface area contributed by atoms with Crippen LogP contribution >= 0.6 is 15.9 Å². The first-order valence-electron chi connectivity index (χ1n) is 12.1. The molecule has 0 heterocycles. The molecule has 1 aliphatic rings. The van der Waals surface area contributed by atoms with Crippen LogP contribution in [0.15, 0.2) is 46.9 Å². The third kappa shape index (κ3) is 7.07. The number of halogens is 1. The number of nitrogens with one attached hydrogen (secondary N) is 1. The highest BCUT2D eigenvalue weighted by Crippen LogP contribution is 2.28. The highest BCUT2D eigenvalue weighted by atomic mass is 79.9. The number of unbranched alkanes of at least 4 members (excludes halogenated alkanes) is 3. The normalized spacial score (nSPS) is 14.0. The van der Waals surface area contributed by atoms with E-state index in [1.165, 1.54) is 19.3 Å². The van der Waals surface area contributed by atoms with Gasteiger partial charge in [-0.1, -0.05) is 57.6 Å². The van der Waals surface area contributed by atoms with Crippen molar-refractivity contribution in [2.45, 2.75) is 70.8 Å². The number of nitrogens with zero attached hydrogens (tertiary/aromatic N) is 1. The maximum absolute atomic E-state index is 13.2. The lowest BCUT2D eigenvalue weighted by atomic mass is 9.95. The average Bonchev–Trinajstić information content (AvgIpc) is 2.84. The van der Waals surface area contributed by atoms with E-state index in [2.05, 4.69) is 28.2 Å². The molecule has 0 radical (unpaired) electrons. The Morgan fingerprint density at radius 3 is 2.55 bits per heavy atom. The molecule has 178 valence electrons. The molecule has 0 aromatic heterocycles. The third-order valence-electron chi connectivity index (χ3n) is 6.19. The minimum atomic E-state index is -0.178. The van der Waals surface area contributed by atoms with Crippen LogP contribution in [0, 0.1) is 0 Å².